The number of hydrogen-bond acceptors (Lipinski definition) is 5. The van der Waals surface area contributed by atoms with Gasteiger partial charge in [-0.05, 0) is 25.0 Å². The van der Waals surface area contributed by atoms with Crippen molar-refractivity contribution >= 4 is 34.8 Å². The minimum atomic E-state index is -0.696. The maximum Gasteiger partial charge on any atom is 0.328 e. The molecule has 1 atom stereocenters. The number of amides is 1. The lowest BCUT2D eigenvalue weighted by Gasteiger charge is -2.19. The van der Waals surface area contributed by atoms with Crippen molar-refractivity contribution < 1.29 is 14.3 Å². The highest BCUT2D eigenvalue weighted by molar-refractivity contribution is 7.17. The zero-order valence-electron chi connectivity index (χ0n) is 13.9. The van der Waals surface area contributed by atoms with Crippen molar-refractivity contribution in [3.63, 3.8) is 0 Å². The van der Waals surface area contributed by atoms with Gasteiger partial charge in [0.2, 0.25) is 0 Å². The van der Waals surface area contributed by atoms with Gasteiger partial charge in [0.05, 0.1) is 12.8 Å². The quantitative estimate of drug-likeness (QED) is 0.819. The maximum atomic E-state index is 12.5. The average Bonchev–Trinajstić information content (AvgIpc) is 2.93. The Bertz CT molecular complexity index is 758. The zero-order valence-corrected chi connectivity index (χ0v) is 15.5. The zero-order chi connectivity index (χ0) is 17.9. The number of aromatic nitrogens is 1. The Morgan fingerprint density at radius 1 is 1.33 bits per heavy atom. The van der Waals surface area contributed by atoms with Gasteiger partial charge in [0.15, 0.2) is 0 Å². The summed E-state index contributed by atoms with van der Waals surface area (Å²) < 4.78 is 4.75. The molecule has 2 rings (SSSR count). The van der Waals surface area contributed by atoms with E-state index in [0.29, 0.717) is 20.6 Å². The van der Waals surface area contributed by atoms with Gasteiger partial charge in [0, 0.05) is 10.6 Å². The molecule has 0 aliphatic carbocycles. The number of methoxy groups -OCH3 is 1. The molecule has 2 aromatic rings. The Balaban J connectivity index is 2.26. The summed E-state index contributed by atoms with van der Waals surface area (Å²) in [6.45, 7) is 5.46. The van der Waals surface area contributed by atoms with E-state index in [2.05, 4.69) is 10.3 Å². The highest BCUT2D eigenvalue weighted by Gasteiger charge is 2.27. The summed E-state index contributed by atoms with van der Waals surface area (Å²) in [6.07, 6.45) is 0. The molecule has 0 radical (unpaired) electrons. The number of nitrogens with zero attached hydrogens (tertiary/aromatic N) is 1. The number of aryl methyl sites for hydroxylation is 1. The molecule has 24 heavy (non-hydrogen) atoms. The molecule has 0 spiro atoms. The number of rotatable bonds is 5. The van der Waals surface area contributed by atoms with E-state index in [4.69, 9.17) is 16.3 Å². The van der Waals surface area contributed by atoms with E-state index in [1.54, 1.807) is 19.1 Å². The number of benzene rings is 1. The van der Waals surface area contributed by atoms with Crippen LogP contribution in [0.1, 0.15) is 29.2 Å². The molecule has 1 N–H and O–H groups in total. The van der Waals surface area contributed by atoms with E-state index in [9.17, 15) is 9.59 Å². The number of carbonyl (C=O) groups is 2. The molecule has 1 aromatic heterocycles. The van der Waals surface area contributed by atoms with Crippen molar-refractivity contribution in [3.05, 3.63) is 39.9 Å². The average molecular weight is 367 g/mol. The van der Waals surface area contributed by atoms with Crippen LogP contribution >= 0.6 is 22.9 Å². The lowest BCUT2D eigenvalue weighted by atomic mass is 10.0. The van der Waals surface area contributed by atoms with Crippen LogP contribution in [-0.4, -0.2) is 30.0 Å². The van der Waals surface area contributed by atoms with Gasteiger partial charge in [-0.3, -0.25) is 4.79 Å². The SMILES string of the molecule is COC(=O)[C@@H](NC(=O)c1sc(-c2cccc(Cl)c2)nc1C)C(C)C. The summed E-state index contributed by atoms with van der Waals surface area (Å²) >= 11 is 7.27. The number of hydrogen-bond donors (Lipinski definition) is 1. The topological polar surface area (TPSA) is 68.3 Å². The van der Waals surface area contributed by atoms with Crippen LogP contribution in [0.2, 0.25) is 5.02 Å². The van der Waals surface area contributed by atoms with Crippen LogP contribution in [0.5, 0.6) is 0 Å². The Kier molecular flexibility index (Phi) is 5.96. The largest absolute Gasteiger partial charge is 0.467 e. The first-order chi connectivity index (χ1) is 11.3. The standard InChI is InChI=1S/C17H19ClN2O3S/c1-9(2)13(17(22)23-4)20-15(21)14-10(3)19-16(24-14)11-6-5-7-12(18)8-11/h5-9,13H,1-4H3,(H,20,21)/t13-/m0/s1. The lowest BCUT2D eigenvalue weighted by molar-refractivity contribution is -0.144. The summed E-state index contributed by atoms with van der Waals surface area (Å²) in [6, 6.07) is 6.60. The van der Waals surface area contributed by atoms with Crippen LogP contribution in [-0.2, 0) is 9.53 Å². The molecule has 0 aliphatic heterocycles. The summed E-state index contributed by atoms with van der Waals surface area (Å²) in [4.78, 5) is 29.3. The predicted molar refractivity (Wildman–Crippen MR) is 95.4 cm³/mol. The lowest BCUT2D eigenvalue weighted by Crippen LogP contribution is -2.44. The molecule has 1 amide bonds. The predicted octanol–water partition coefficient (Wildman–Crippen LogP) is 3.70. The molecular weight excluding hydrogens is 348 g/mol. The monoisotopic (exact) mass is 366 g/mol. The van der Waals surface area contributed by atoms with Crippen LogP contribution in [0.4, 0.5) is 0 Å². The fourth-order valence-corrected chi connectivity index (χ4v) is 3.34. The molecule has 0 saturated heterocycles. The van der Waals surface area contributed by atoms with Gasteiger partial charge in [-0.25, -0.2) is 9.78 Å². The van der Waals surface area contributed by atoms with Gasteiger partial charge in [0.25, 0.3) is 5.91 Å². The molecule has 128 valence electrons. The summed E-state index contributed by atoms with van der Waals surface area (Å²) in [5.74, 6) is -0.875. The number of carbonyl (C=O) groups excluding carboxylic acids is 2. The van der Waals surface area contributed by atoms with Crippen molar-refractivity contribution in [2.75, 3.05) is 7.11 Å². The summed E-state index contributed by atoms with van der Waals surface area (Å²) in [5, 5.41) is 4.05. The van der Waals surface area contributed by atoms with Gasteiger partial charge in [-0.2, -0.15) is 0 Å². The second-order valence-corrected chi connectivity index (χ2v) is 7.10. The van der Waals surface area contributed by atoms with Gasteiger partial charge in [0.1, 0.15) is 15.9 Å². The number of ether oxygens (including phenoxy) is 1. The fraction of sp³-hybridized carbons (Fsp3) is 0.353. The molecule has 0 aliphatic rings. The molecule has 0 saturated carbocycles. The highest BCUT2D eigenvalue weighted by atomic mass is 35.5. The molecule has 5 nitrogen and oxygen atoms in total. The Hall–Kier alpha value is -1.92. The highest BCUT2D eigenvalue weighted by Crippen LogP contribution is 2.29. The van der Waals surface area contributed by atoms with Crippen molar-refractivity contribution in [3.8, 4) is 10.6 Å². The van der Waals surface area contributed by atoms with E-state index in [-0.39, 0.29) is 11.8 Å². The molecule has 7 heteroatoms. The molecule has 0 fully saturated rings. The van der Waals surface area contributed by atoms with Gasteiger partial charge in [-0.15, -0.1) is 11.3 Å². The minimum Gasteiger partial charge on any atom is -0.467 e. The summed E-state index contributed by atoms with van der Waals surface area (Å²) in [7, 11) is 1.30. The van der Waals surface area contributed by atoms with Crippen molar-refractivity contribution in [2.24, 2.45) is 5.92 Å². The van der Waals surface area contributed by atoms with Crippen molar-refractivity contribution in [1.29, 1.82) is 0 Å². The van der Waals surface area contributed by atoms with Crippen LogP contribution < -0.4 is 5.32 Å². The van der Waals surface area contributed by atoms with Gasteiger partial charge < -0.3 is 10.1 Å². The Morgan fingerprint density at radius 3 is 2.62 bits per heavy atom. The molecule has 0 unspecified atom stereocenters. The van der Waals surface area contributed by atoms with Gasteiger partial charge in [-0.1, -0.05) is 37.6 Å². The third kappa shape index (κ3) is 4.13. The number of nitrogens with one attached hydrogen (secondary N) is 1. The normalized spacial score (nSPS) is 12.1. The Labute approximate surface area is 150 Å². The molecule has 0 bridgehead atoms. The second-order valence-electron chi connectivity index (χ2n) is 5.66. The van der Waals surface area contributed by atoms with E-state index in [1.807, 2.05) is 26.0 Å². The minimum absolute atomic E-state index is 0.0815. The third-order valence-electron chi connectivity index (χ3n) is 3.48. The van der Waals surface area contributed by atoms with Crippen LogP contribution in [0.15, 0.2) is 24.3 Å². The first-order valence-corrected chi connectivity index (χ1v) is 8.65. The second kappa shape index (κ2) is 7.77. The number of thiazole rings is 1. The van der Waals surface area contributed by atoms with E-state index in [1.165, 1.54) is 18.4 Å². The number of halogens is 1. The summed E-state index contributed by atoms with van der Waals surface area (Å²) in [5.41, 5.74) is 1.46. The van der Waals surface area contributed by atoms with Crippen LogP contribution in [0.3, 0.4) is 0 Å². The Morgan fingerprint density at radius 2 is 2.04 bits per heavy atom. The molecule has 1 heterocycles. The van der Waals surface area contributed by atoms with Crippen LogP contribution in [0, 0.1) is 12.8 Å². The molecular formula is C17H19ClN2O3S. The first-order valence-electron chi connectivity index (χ1n) is 7.45. The maximum absolute atomic E-state index is 12.5. The fourth-order valence-electron chi connectivity index (χ4n) is 2.18. The third-order valence-corrected chi connectivity index (χ3v) is 4.92. The van der Waals surface area contributed by atoms with Gasteiger partial charge >= 0.3 is 5.97 Å². The van der Waals surface area contributed by atoms with E-state index in [0.717, 1.165) is 5.56 Å². The van der Waals surface area contributed by atoms with Crippen molar-refractivity contribution in [1.82, 2.24) is 10.3 Å². The van der Waals surface area contributed by atoms with E-state index >= 15 is 0 Å². The van der Waals surface area contributed by atoms with Crippen molar-refractivity contribution in [2.45, 2.75) is 26.8 Å². The number of esters is 1. The van der Waals surface area contributed by atoms with Crippen LogP contribution in [0.25, 0.3) is 10.6 Å². The first kappa shape index (κ1) is 18.4. The smallest absolute Gasteiger partial charge is 0.328 e. The molecule has 1 aromatic carbocycles. The van der Waals surface area contributed by atoms with E-state index < -0.39 is 12.0 Å².